The fraction of sp³-hybridized carbons (Fsp3) is 0.417. The summed E-state index contributed by atoms with van der Waals surface area (Å²) in [5.41, 5.74) is -0.412. The number of amides is 1. The van der Waals surface area contributed by atoms with Crippen LogP contribution < -0.4 is 10.1 Å². The van der Waals surface area contributed by atoms with Gasteiger partial charge in [0.15, 0.2) is 5.75 Å². The first-order valence-electron chi connectivity index (χ1n) is 5.90. The number of aliphatic hydroxyl groups excluding tert-OH is 2. The van der Waals surface area contributed by atoms with Gasteiger partial charge in [-0.1, -0.05) is 11.6 Å². The van der Waals surface area contributed by atoms with Gasteiger partial charge in [-0.3, -0.25) is 14.9 Å². The van der Waals surface area contributed by atoms with Gasteiger partial charge in [-0.2, -0.15) is 0 Å². The second-order valence-corrected chi connectivity index (χ2v) is 4.66. The molecule has 9 heteroatoms. The quantitative estimate of drug-likeness (QED) is 0.526. The maximum Gasteiger partial charge on any atom is 0.311 e. The Morgan fingerprint density at radius 1 is 1.52 bits per heavy atom. The third kappa shape index (κ3) is 4.28. The van der Waals surface area contributed by atoms with Gasteiger partial charge < -0.3 is 20.3 Å². The lowest BCUT2D eigenvalue weighted by atomic mass is 10.0. The van der Waals surface area contributed by atoms with Crippen molar-refractivity contribution >= 4 is 23.2 Å². The van der Waals surface area contributed by atoms with Gasteiger partial charge >= 0.3 is 5.69 Å². The summed E-state index contributed by atoms with van der Waals surface area (Å²) in [7, 11) is 1.25. The number of hydrogen-bond acceptors (Lipinski definition) is 6. The van der Waals surface area contributed by atoms with E-state index >= 15 is 0 Å². The number of hydrogen-bond donors (Lipinski definition) is 3. The second-order valence-electron chi connectivity index (χ2n) is 4.25. The molecule has 0 aromatic heterocycles. The maximum atomic E-state index is 10.9. The van der Waals surface area contributed by atoms with E-state index in [9.17, 15) is 25.1 Å². The van der Waals surface area contributed by atoms with Gasteiger partial charge in [-0.25, -0.2) is 0 Å². The number of nitro groups is 1. The van der Waals surface area contributed by atoms with Gasteiger partial charge in [0.05, 0.1) is 17.1 Å². The van der Waals surface area contributed by atoms with E-state index in [1.54, 1.807) is 0 Å². The van der Waals surface area contributed by atoms with E-state index in [1.807, 2.05) is 0 Å². The van der Waals surface area contributed by atoms with Gasteiger partial charge in [0, 0.05) is 31.2 Å². The summed E-state index contributed by atoms with van der Waals surface area (Å²) >= 11 is 5.93. The van der Waals surface area contributed by atoms with Gasteiger partial charge in [0.2, 0.25) is 5.91 Å². The molecule has 1 rings (SSSR count). The molecular formula is C12H15ClN2O6. The number of ether oxygens (including phenoxy) is 1. The van der Waals surface area contributed by atoms with Crippen molar-refractivity contribution in [2.45, 2.75) is 19.1 Å². The highest BCUT2D eigenvalue weighted by atomic mass is 35.5. The molecule has 0 radical (unpaired) electrons. The van der Waals surface area contributed by atoms with Gasteiger partial charge in [-0.15, -0.1) is 0 Å². The largest absolute Gasteiger partial charge is 0.490 e. The lowest BCUT2D eigenvalue weighted by Gasteiger charge is -2.19. The first kappa shape index (κ1) is 17.2. The molecule has 1 aromatic rings. The fourth-order valence-electron chi connectivity index (χ4n) is 1.66. The SMILES string of the molecule is COc1cc(Cl)c(C(O)C(O)CNC(C)=O)cc1[N+](=O)[O-]. The zero-order valence-electron chi connectivity index (χ0n) is 11.4. The molecule has 116 valence electrons. The number of methoxy groups -OCH3 is 1. The highest BCUT2D eigenvalue weighted by Crippen LogP contribution is 2.36. The van der Waals surface area contributed by atoms with Crippen LogP contribution in [0, 0.1) is 10.1 Å². The molecule has 0 heterocycles. The summed E-state index contributed by atoms with van der Waals surface area (Å²) < 4.78 is 4.83. The molecule has 3 N–H and O–H groups in total. The van der Waals surface area contributed by atoms with Crippen molar-refractivity contribution in [3.63, 3.8) is 0 Å². The Balaban J connectivity index is 3.08. The van der Waals surface area contributed by atoms with Crippen LogP contribution >= 0.6 is 11.6 Å². The van der Waals surface area contributed by atoms with Crippen LogP contribution in [0.4, 0.5) is 5.69 Å². The Morgan fingerprint density at radius 3 is 2.62 bits per heavy atom. The van der Waals surface area contributed by atoms with Crippen LogP contribution in [0.15, 0.2) is 12.1 Å². The smallest absolute Gasteiger partial charge is 0.311 e. The predicted molar refractivity (Wildman–Crippen MR) is 74.3 cm³/mol. The van der Waals surface area contributed by atoms with E-state index in [-0.39, 0.29) is 34.5 Å². The molecule has 0 spiro atoms. The molecule has 8 nitrogen and oxygen atoms in total. The minimum atomic E-state index is -1.49. The number of nitrogens with one attached hydrogen (secondary N) is 1. The van der Waals surface area contributed by atoms with Crippen LogP contribution in [-0.4, -0.2) is 40.8 Å². The molecule has 0 saturated heterocycles. The Morgan fingerprint density at radius 2 is 2.14 bits per heavy atom. The Kier molecular flexibility index (Phi) is 5.89. The van der Waals surface area contributed by atoms with E-state index in [4.69, 9.17) is 16.3 Å². The molecule has 0 bridgehead atoms. The van der Waals surface area contributed by atoms with Crippen molar-refractivity contribution in [1.29, 1.82) is 0 Å². The number of benzene rings is 1. The molecule has 21 heavy (non-hydrogen) atoms. The molecule has 0 aliphatic heterocycles. The van der Waals surface area contributed by atoms with Crippen LogP contribution in [0.2, 0.25) is 5.02 Å². The van der Waals surface area contributed by atoms with Crippen molar-refractivity contribution < 1.29 is 24.7 Å². The number of aliphatic hydroxyl groups is 2. The normalized spacial score (nSPS) is 13.4. The molecular weight excluding hydrogens is 304 g/mol. The molecule has 0 aliphatic carbocycles. The van der Waals surface area contributed by atoms with Gasteiger partial charge in [0.1, 0.15) is 12.2 Å². The molecule has 1 amide bonds. The van der Waals surface area contributed by atoms with E-state index in [2.05, 4.69) is 5.32 Å². The third-order valence-corrected chi connectivity index (χ3v) is 3.07. The number of carbonyl (C=O) groups excluding carboxylic acids is 1. The summed E-state index contributed by atoms with van der Waals surface area (Å²) in [6.45, 7) is 1.04. The van der Waals surface area contributed by atoms with E-state index < -0.39 is 17.1 Å². The van der Waals surface area contributed by atoms with Gasteiger partial charge in [0.25, 0.3) is 0 Å². The molecule has 1 aromatic carbocycles. The minimum absolute atomic E-state index is 0.00632. The molecule has 0 saturated carbocycles. The van der Waals surface area contributed by atoms with Crippen molar-refractivity contribution in [2.75, 3.05) is 13.7 Å². The lowest BCUT2D eigenvalue weighted by molar-refractivity contribution is -0.385. The second kappa shape index (κ2) is 7.21. The van der Waals surface area contributed by atoms with Crippen LogP contribution in [0.1, 0.15) is 18.6 Å². The molecule has 0 fully saturated rings. The standard InChI is InChI=1S/C12H15ClN2O6/c1-6(16)14-5-10(17)12(18)7-3-9(15(19)20)11(21-2)4-8(7)13/h3-4,10,12,17-18H,5H2,1-2H3,(H,14,16). The van der Waals surface area contributed by atoms with Crippen LogP contribution in [0.5, 0.6) is 5.75 Å². The van der Waals surface area contributed by atoms with Crippen molar-refractivity contribution in [1.82, 2.24) is 5.32 Å². The number of halogens is 1. The third-order valence-electron chi connectivity index (χ3n) is 2.74. The van der Waals surface area contributed by atoms with Crippen molar-refractivity contribution in [3.05, 3.63) is 32.8 Å². The number of nitrogens with zero attached hydrogens (tertiary/aromatic N) is 1. The molecule has 2 atom stereocenters. The van der Waals surface area contributed by atoms with E-state index in [0.29, 0.717) is 0 Å². The molecule has 0 aliphatic rings. The monoisotopic (exact) mass is 318 g/mol. The van der Waals surface area contributed by atoms with Crippen LogP contribution in [-0.2, 0) is 4.79 Å². The summed E-state index contributed by atoms with van der Waals surface area (Å²) in [4.78, 5) is 21.0. The lowest BCUT2D eigenvalue weighted by Crippen LogP contribution is -2.34. The summed E-state index contributed by atoms with van der Waals surface area (Å²) in [6.07, 6.45) is -2.85. The first-order valence-corrected chi connectivity index (χ1v) is 6.28. The summed E-state index contributed by atoms with van der Waals surface area (Å²) in [5.74, 6) is -0.439. The average Bonchev–Trinajstić information content (AvgIpc) is 2.43. The summed E-state index contributed by atoms with van der Waals surface area (Å²) in [5, 5.41) is 33.0. The zero-order chi connectivity index (χ0) is 16.2. The fourth-order valence-corrected chi connectivity index (χ4v) is 1.93. The van der Waals surface area contributed by atoms with E-state index in [0.717, 1.165) is 6.07 Å². The Bertz CT molecular complexity index is 551. The Labute approximate surface area is 125 Å². The topological polar surface area (TPSA) is 122 Å². The molecule has 2 unspecified atom stereocenters. The highest BCUT2D eigenvalue weighted by molar-refractivity contribution is 6.31. The van der Waals surface area contributed by atoms with Crippen LogP contribution in [0.3, 0.4) is 0 Å². The Hall–Kier alpha value is -1.90. The number of rotatable bonds is 6. The number of nitro benzene ring substituents is 1. The number of carbonyl (C=O) groups is 1. The zero-order valence-corrected chi connectivity index (χ0v) is 12.1. The maximum absolute atomic E-state index is 10.9. The average molecular weight is 319 g/mol. The van der Waals surface area contributed by atoms with Crippen molar-refractivity contribution in [3.8, 4) is 5.75 Å². The van der Waals surface area contributed by atoms with Gasteiger partial charge in [-0.05, 0) is 0 Å². The predicted octanol–water partition coefficient (Wildman–Crippen LogP) is 0.787. The summed E-state index contributed by atoms with van der Waals surface area (Å²) in [6, 6.07) is 2.21. The minimum Gasteiger partial charge on any atom is -0.490 e. The van der Waals surface area contributed by atoms with Crippen LogP contribution in [0.25, 0.3) is 0 Å². The van der Waals surface area contributed by atoms with Crippen molar-refractivity contribution in [2.24, 2.45) is 0 Å². The first-order chi connectivity index (χ1) is 9.77. The van der Waals surface area contributed by atoms with E-state index in [1.165, 1.54) is 20.1 Å². The highest BCUT2D eigenvalue weighted by Gasteiger charge is 2.26.